The van der Waals surface area contributed by atoms with Gasteiger partial charge in [0.2, 0.25) is 0 Å². The standard InChI is InChI=1S/C14H19N3O/c1-2-3-4-5-12-6-8-14(9-7-12)17-10-13(11-18)15-16-17/h6-10,18H,2-5,11H2,1H3. The van der Waals surface area contributed by atoms with Gasteiger partial charge in [-0.05, 0) is 30.5 Å². The maximum atomic E-state index is 8.95. The average Bonchev–Trinajstić information content (AvgIpc) is 2.89. The molecule has 0 unspecified atom stereocenters. The Kier molecular flexibility index (Phi) is 4.47. The summed E-state index contributed by atoms with van der Waals surface area (Å²) in [7, 11) is 0. The van der Waals surface area contributed by atoms with Crippen molar-refractivity contribution in [1.82, 2.24) is 15.0 Å². The number of rotatable bonds is 6. The lowest BCUT2D eigenvalue weighted by Crippen LogP contribution is -1.95. The van der Waals surface area contributed by atoms with E-state index in [1.54, 1.807) is 10.9 Å². The van der Waals surface area contributed by atoms with Crippen molar-refractivity contribution in [2.75, 3.05) is 0 Å². The van der Waals surface area contributed by atoms with Crippen LogP contribution in [0.2, 0.25) is 0 Å². The summed E-state index contributed by atoms with van der Waals surface area (Å²) in [6, 6.07) is 8.34. The van der Waals surface area contributed by atoms with Crippen LogP contribution in [0, 0.1) is 0 Å². The van der Waals surface area contributed by atoms with Crippen LogP contribution < -0.4 is 0 Å². The van der Waals surface area contributed by atoms with Gasteiger partial charge in [0.25, 0.3) is 0 Å². The number of aliphatic hydroxyl groups excluding tert-OH is 1. The number of benzene rings is 1. The normalized spacial score (nSPS) is 10.8. The molecule has 0 atom stereocenters. The minimum absolute atomic E-state index is 0.0743. The summed E-state index contributed by atoms with van der Waals surface area (Å²) in [5.74, 6) is 0. The van der Waals surface area contributed by atoms with E-state index in [1.165, 1.54) is 24.8 Å². The molecule has 0 fully saturated rings. The predicted molar refractivity (Wildman–Crippen MR) is 70.5 cm³/mol. The maximum Gasteiger partial charge on any atom is 0.109 e. The Morgan fingerprint density at radius 2 is 1.94 bits per heavy atom. The van der Waals surface area contributed by atoms with Gasteiger partial charge < -0.3 is 5.11 Å². The lowest BCUT2D eigenvalue weighted by atomic mass is 10.1. The van der Waals surface area contributed by atoms with Gasteiger partial charge in [-0.2, -0.15) is 0 Å². The molecular weight excluding hydrogens is 226 g/mol. The first kappa shape index (κ1) is 12.8. The van der Waals surface area contributed by atoms with Crippen molar-refractivity contribution < 1.29 is 5.11 Å². The van der Waals surface area contributed by atoms with Crippen LogP contribution in [-0.4, -0.2) is 20.1 Å². The van der Waals surface area contributed by atoms with Crippen LogP contribution in [0.15, 0.2) is 30.5 Å². The molecule has 0 aliphatic carbocycles. The van der Waals surface area contributed by atoms with Crippen LogP contribution in [0.25, 0.3) is 5.69 Å². The summed E-state index contributed by atoms with van der Waals surface area (Å²) >= 11 is 0. The molecule has 4 heteroatoms. The van der Waals surface area contributed by atoms with E-state index in [-0.39, 0.29) is 6.61 Å². The Balaban J connectivity index is 2.02. The van der Waals surface area contributed by atoms with Gasteiger partial charge in [-0.3, -0.25) is 0 Å². The molecule has 1 aromatic heterocycles. The van der Waals surface area contributed by atoms with E-state index in [0.717, 1.165) is 12.1 Å². The number of hydrogen-bond acceptors (Lipinski definition) is 3. The van der Waals surface area contributed by atoms with Crippen LogP contribution in [-0.2, 0) is 13.0 Å². The van der Waals surface area contributed by atoms with Crippen molar-refractivity contribution in [3.8, 4) is 5.69 Å². The largest absolute Gasteiger partial charge is 0.390 e. The first-order chi connectivity index (χ1) is 8.83. The van der Waals surface area contributed by atoms with Crippen LogP contribution in [0.1, 0.15) is 37.4 Å². The Morgan fingerprint density at radius 1 is 1.17 bits per heavy atom. The van der Waals surface area contributed by atoms with Crippen molar-refractivity contribution in [2.24, 2.45) is 0 Å². The summed E-state index contributed by atoms with van der Waals surface area (Å²) in [5.41, 5.74) is 2.91. The zero-order chi connectivity index (χ0) is 12.8. The van der Waals surface area contributed by atoms with Gasteiger partial charge in [-0.15, -0.1) is 5.10 Å². The predicted octanol–water partition coefficient (Wildman–Crippen LogP) is 2.49. The van der Waals surface area contributed by atoms with Gasteiger partial charge in [0, 0.05) is 0 Å². The van der Waals surface area contributed by atoms with E-state index in [4.69, 9.17) is 5.11 Å². The number of aliphatic hydroxyl groups is 1. The number of nitrogens with zero attached hydrogens (tertiary/aromatic N) is 3. The van der Waals surface area contributed by atoms with Gasteiger partial charge in [0.1, 0.15) is 5.69 Å². The lowest BCUT2D eigenvalue weighted by molar-refractivity contribution is 0.276. The van der Waals surface area contributed by atoms with Crippen LogP contribution in [0.4, 0.5) is 0 Å². The molecule has 0 amide bonds. The first-order valence-corrected chi connectivity index (χ1v) is 6.45. The smallest absolute Gasteiger partial charge is 0.109 e. The number of unbranched alkanes of at least 4 members (excludes halogenated alkanes) is 2. The van der Waals surface area contributed by atoms with E-state index >= 15 is 0 Å². The molecule has 2 rings (SSSR count). The van der Waals surface area contributed by atoms with Crippen molar-refractivity contribution in [3.63, 3.8) is 0 Å². The Hall–Kier alpha value is -1.68. The maximum absolute atomic E-state index is 8.95. The molecule has 0 saturated heterocycles. The van der Waals surface area contributed by atoms with E-state index in [2.05, 4.69) is 29.4 Å². The molecule has 0 aliphatic rings. The molecule has 96 valence electrons. The lowest BCUT2D eigenvalue weighted by Gasteiger charge is -2.03. The monoisotopic (exact) mass is 245 g/mol. The third-order valence-electron chi connectivity index (χ3n) is 2.97. The molecule has 0 radical (unpaired) electrons. The number of hydrogen-bond donors (Lipinski definition) is 1. The molecule has 0 aliphatic heterocycles. The molecule has 1 N–H and O–H groups in total. The highest BCUT2D eigenvalue weighted by Gasteiger charge is 2.01. The second-order valence-corrected chi connectivity index (χ2v) is 4.44. The van der Waals surface area contributed by atoms with Gasteiger partial charge in [-0.25, -0.2) is 4.68 Å². The Labute approximate surface area is 107 Å². The van der Waals surface area contributed by atoms with Crippen LogP contribution in [0.3, 0.4) is 0 Å². The highest BCUT2D eigenvalue weighted by atomic mass is 16.3. The fourth-order valence-electron chi connectivity index (χ4n) is 1.89. The zero-order valence-electron chi connectivity index (χ0n) is 10.7. The van der Waals surface area contributed by atoms with Crippen molar-refractivity contribution in [2.45, 2.75) is 39.2 Å². The van der Waals surface area contributed by atoms with E-state index in [9.17, 15) is 0 Å². The molecular formula is C14H19N3O. The molecule has 4 nitrogen and oxygen atoms in total. The van der Waals surface area contributed by atoms with E-state index in [1.807, 2.05) is 12.1 Å². The van der Waals surface area contributed by atoms with E-state index < -0.39 is 0 Å². The summed E-state index contributed by atoms with van der Waals surface area (Å²) < 4.78 is 1.68. The summed E-state index contributed by atoms with van der Waals surface area (Å²) in [4.78, 5) is 0. The zero-order valence-corrected chi connectivity index (χ0v) is 10.7. The number of aromatic nitrogens is 3. The van der Waals surface area contributed by atoms with Crippen molar-refractivity contribution in [3.05, 3.63) is 41.7 Å². The molecule has 0 saturated carbocycles. The van der Waals surface area contributed by atoms with Gasteiger partial charge in [0.05, 0.1) is 18.5 Å². The fraction of sp³-hybridized carbons (Fsp3) is 0.429. The van der Waals surface area contributed by atoms with Gasteiger partial charge in [0.15, 0.2) is 0 Å². The van der Waals surface area contributed by atoms with Crippen molar-refractivity contribution >= 4 is 0 Å². The quantitative estimate of drug-likeness (QED) is 0.795. The number of aryl methyl sites for hydroxylation is 1. The summed E-state index contributed by atoms with van der Waals surface area (Å²) in [5, 5.41) is 16.8. The molecule has 1 aromatic carbocycles. The fourth-order valence-corrected chi connectivity index (χ4v) is 1.89. The minimum atomic E-state index is -0.0743. The second kappa shape index (κ2) is 6.31. The Morgan fingerprint density at radius 3 is 2.56 bits per heavy atom. The van der Waals surface area contributed by atoms with Gasteiger partial charge >= 0.3 is 0 Å². The molecule has 2 aromatic rings. The third-order valence-corrected chi connectivity index (χ3v) is 2.97. The minimum Gasteiger partial charge on any atom is -0.390 e. The highest BCUT2D eigenvalue weighted by molar-refractivity contribution is 5.33. The molecule has 1 heterocycles. The summed E-state index contributed by atoms with van der Waals surface area (Å²) in [6.45, 7) is 2.14. The molecule has 0 bridgehead atoms. The average molecular weight is 245 g/mol. The highest BCUT2D eigenvalue weighted by Crippen LogP contribution is 2.11. The van der Waals surface area contributed by atoms with Crippen LogP contribution in [0.5, 0.6) is 0 Å². The summed E-state index contributed by atoms with van der Waals surface area (Å²) in [6.07, 6.45) is 6.65. The molecule has 0 spiro atoms. The second-order valence-electron chi connectivity index (χ2n) is 4.44. The topological polar surface area (TPSA) is 50.9 Å². The Bertz CT molecular complexity index is 476. The van der Waals surface area contributed by atoms with Gasteiger partial charge in [-0.1, -0.05) is 37.1 Å². The van der Waals surface area contributed by atoms with E-state index in [0.29, 0.717) is 5.69 Å². The molecule has 18 heavy (non-hydrogen) atoms. The third kappa shape index (κ3) is 3.17. The van der Waals surface area contributed by atoms with Crippen molar-refractivity contribution in [1.29, 1.82) is 0 Å². The van der Waals surface area contributed by atoms with Crippen LogP contribution >= 0.6 is 0 Å². The SMILES string of the molecule is CCCCCc1ccc(-n2cc(CO)nn2)cc1. The first-order valence-electron chi connectivity index (χ1n) is 6.45.